The van der Waals surface area contributed by atoms with Gasteiger partial charge in [-0.3, -0.25) is 0 Å². The van der Waals surface area contributed by atoms with Crippen LogP contribution in [0.5, 0.6) is 0 Å². The molecule has 0 aliphatic heterocycles. The maximum atomic E-state index is 9.08. The molecule has 2 nitrogen and oxygen atoms in total. The van der Waals surface area contributed by atoms with E-state index in [0.717, 1.165) is 5.56 Å². The standard InChI is InChI=1S/C8H10O2.Mg.2H/c9-6-8(10)7-4-2-1-3-5-7;;;/h1-5,8-10H,6H2;;;. The van der Waals surface area contributed by atoms with E-state index in [1.165, 1.54) is 0 Å². The molecule has 58 valence electrons. The molecular formula is C8H12MgO2. The molecule has 0 saturated carbocycles. The molecule has 3 heteroatoms. The van der Waals surface area contributed by atoms with E-state index in [2.05, 4.69) is 0 Å². The Labute approximate surface area is 82.0 Å². The normalized spacial score (nSPS) is 11.8. The van der Waals surface area contributed by atoms with Gasteiger partial charge in [0.05, 0.1) is 6.61 Å². The lowest BCUT2D eigenvalue weighted by Gasteiger charge is -2.05. The van der Waals surface area contributed by atoms with E-state index >= 15 is 0 Å². The van der Waals surface area contributed by atoms with E-state index in [-0.39, 0.29) is 29.7 Å². The Hall–Kier alpha value is -0.0938. The average Bonchev–Trinajstić information content (AvgIpc) is 2.05. The van der Waals surface area contributed by atoms with Gasteiger partial charge in [0.1, 0.15) is 6.10 Å². The molecule has 1 atom stereocenters. The molecule has 0 radical (unpaired) electrons. The number of aliphatic hydroxyl groups is 2. The second-order valence-corrected chi connectivity index (χ2v) is 2.11. The van der Waals surface area contributed by atoms with Crippen molar-refractivity contribution in [1.82, 2.24) is 0 Å². The molecule has 0 saturated heterocycles. The third-order valence-corrected chi connectivity index (χ3v) is 1.36. The Bertz CT molecular complexity index is 189. The molecule has 0 aliphatic carbocycles. The number of hydrogen-bond acceptors (Lipinski definition) is 2. The van der Waals surface area contributed by atoms with E-state index in [4.69, 9.17) is 10.2 Å². The van der Waals surface area contributed by atoms with Crippen molar-refractivity contribution >= 4 is 23.1 Å². The zero-order valence-corrected chi connectivity index (χ0v) is 5.57. The Morgan fingerprint density at radius 1 is 1.18 bits per heavy atom. The summed E-state index contributed by atoms with van der Waals surface area (Å²) in [5.41, 5.74) is 0.755. The van der Waals surface area contributed by atoms with Gasteiger partial charge in [0.15, 0.2) is 0 Å². The van der Waals surface area contributed by atoms with Crippen LogP contribution in [-0.2, 0) is 0 Å². The van der Waals surface area contributed by atoms with Crippen LogP contribution in [0.1, 0.15) is 11.7 Å². The molecule has 0 amide bonds. The van der Waals surface area contributed by atoms with Crippen molar-refractivity contribution in [3.63, 3.8) is 0 Å². The van der Waals surface area contributed by atoms with Crippen molar-refractivity contribution in [3.8, 4) is 0 Å². The van der Waals surface area contributed by atoms with Gasteiger partial charge in [-0.1, -0.05) is 30.3 Å². The summed E-state index contributed by atoms with van der Waals surface area (Å²) in [6, 6.07) is 9.08. The van der Waals surface area contributed by atoms with Crippen LogP contribution in [0.15, 0.2) is 30.3 Å². The predicted octanol–water partition coefficient (Wildman–Crippen LogP) is -0.204. The zero-order valence-electron chi connectivity index (χ0n) is 5.57. The second kappa shape index (κ2) is 5.54. The number of aliphatic hydroxyl groups excluding tert-OH is 2. The van der Waals surface area contributed by atoms with Gasteiger partial charge in [-0.2, -0.15) is 0 Å². The summed E-state index contributed by atoms with van der Waals surface area (Å²) < 4.78 is 0. The molecule has 2 N–H and O–H groups in total. The third-order valence-electron chi connectivity index (χ3n) is 1.36. The Morgan fingerprint density at radius 2 is 1.73 bits per heavy atom. The Balaban J connectivity index is 0.000001000. The Morgan fingerprint density at radius 3 is 2.18 bits per heavy atom. The molecule has 1 unspecified atom stereocenters. The summed E-state index contributed by atoms with van der Waals surface area (Å²) >= 11 is 0. The van der Waals surface area contributed by atoms with Crippen LogP contribution in [0.3, 0.4) is 0 Å². The van der Waals surface area contributed by atoms with Crippen LogP contribution in [0.25, 0.3) is 0 Å². The van der Waals surface area contributed by atoms with Gasteiger partial charge in [0.2, 0.25) is 0 Å². The van der Waals surface area contributed by atoms with Crippen molar-refractivity contribution < 1.29 is 10.2 Å². The second-order valence-electron chi connectivity index (χ2n) is 2.11. The van der Waals surface area contributed by atoms with Crippen molar-refractivity contribution in [2.24, 2.45) is 0 Å². The quantitative estimate of drug-likeness (QED) is 0.594. The summed E-state index contributed by atoms with van der Waals surface area (Å²) in [4.78, 5) is 0. The van der Waals surface area contributed by atoms with Gasteiger partial charge in [-0.15, -0.1) is 0 Å². The number of rotatable bonds is 2. The van der Waals surface area contributed by atoms with Gasteiger partial charge in [0, 0.05) is 0 Å². The largest absolute Gasteiger partial charge is 0.393 e. The fourth-order valence-electron chi connectivity index (χ4n) is 0.781. The molecular weight excluding hydrogens is 152 g/mol. The van der Waals surface area contributed by atoms with Crippen LogP contribution in [-0.4, -0.2) is 39.9 Å². The summed E-state index contributed by atoms with van der Waals surface area (Å²) in [6.07, 6.45) is -0.735. The molecule has 1 rings (SSSR count). The predicted molar refractivity (Wildman–Crippen MR) is 47.0 cm³/mol. The summed E-state index contributed by atoms with van der Waals surface area (Å²) in [6.45, 7) is -0.218. The van der Waals surface area contributed by atoms with Crippen molar-refractivity contribution in [2.75, 3.05) is 6.61 Å². The van der Waals surface area contributed by atoms with Gasteiger partial charge in [-0.05, 0) is 5.56 Å². The van der Waals surface area contributed by atoms with Gasteiger partial charge in [-0.25, -0.2) is 0 Å². The smallest absolute Gasteiger partial charge is 0.316 e. The van der Waals surface area contributed by atoms with Crippen LogP contribution in [0, 0.1) is 0 Å². The van der Waals surface area contributed by atoms with E-state index in [1.807, 2.05) is 18.2 Å². The van der Waals surface area contributed by atoms with E-state index in [0.29, 0.717) is 0 Å². The van der Waals surface area contributed by atoms with Crippen LogP contribution >= 0.6 is 0 Å². The molecule has 0 aromatic heterocycles. The molecule has 11 heavy (non-hydrogen) atoms. The first-order valence-electron chi connectivity index (χ1n) is 3.18. The fourth-order valence-corrected chi connectivity index (χ4v) is 0.781. The van der Waals surface area contributed by atoms with E-state index in [9.17, 15) is 0 Å². The average molecular weight is 164 g/mol. The summed E-state index contributed by atoms with van der Waals surface area (Å²) in [5, 5.41) is 17.6. The van der Waals surface area contributed by atoms with E-state index < -0.39 is 6.10 Å². The van der Waals surface area contributed by atoms with Gasteiger partial charge in [0.25, 0.3) is 0 Å². The van der Waals surface area contributed by atoms with Crippen LogP contribution in [0.4, 0.5) is 0 Å². The minimum Gasteiger partial charge on any atom is -0.393 e. The highest BCUT2D eigenvalue weighted by atomic mass is 24.3. The molecule has 0 aliphatic rings. The lowest BCUT2D eigenvalue weighted by molar-refractivity contribution is 0.0956. The topological polar surface area (TPSA) is 40.5 Å². The van der Waals surface area contributed by atoms with Crippen molar-refractivity contribution in [2.45, 2.75) is 6.10 Å². The molecule has 0 spiro atoms. The van der Waals surface area contributed by atoms with Crippen molar-refractivity contribution in [3.05, 3.63) is 35.9 Å². The first kappa shape index (κ1) is 10.9. The number of hydrogen-bond donors (Lipinski definition) is 2. The summed E-state index contributed by atoms with van der Waals surface area (Å²) in [7, 11) is 0. The van der Waals surface area contributed by atoms with Gasteiger partial charge >= 0.3 is 23.1 Å². The molecule has 1 aromatic carbocycles. The SMILES string of the molecule is OCC(O)c1ccccc1.[MgH2]. The highest BCUT2D eigenvalue weighted by Gasteiger charge is 2.02. The first-order chi connectivity index (χ1) is 4.84. The molecule has 1 aromatic rings. The third kappa shape index (κ3) is 3.20. The first-order valence-corrected chi connectivity index (χ1v) is 3.18. The van der Waals surface area contributed by atoms with Crippen LogP contribution < -0.4 is 0 Å². The summed E-state index contributed by atoms with van der Waals surface area (Å²) in [5.74, 6) is 0. The molecule has 0 fully saturated rings. The number of benzene rings is 1. The Kier molecular flexibility index (Phi) is 5.50. The maximum absolute atomic E-state index is 9.08. The lowest BCUT2D eigenvalue weighted by atomic mass is 10.1. The zero-order chi connectivity index (χ0) is 7.40. The van der Waals surface area contributed by atoms with E-state index in [1.54, 1.807) is 12.1 Å². The van der Waals surface area contributed by atoms with Crippen molar-refractivity contribution in [1.29, 1.82) is 0 Å². The minimum atomic E-state index is -0.735. The maximum Gasteiger partial charge on any atom is 0.316 e. The molecule has 0 heterocycles. The highest BCUT2D eigenvalue weighted by molar-refractivity contribution is 5.75. The highest BCUT2D eigenvalue weighted by Crippen LogP contribution is 2.09. The minimum absolute atomic E-state index is 0. The van der Waals surface area contributed by atoms with Gasteiger partial charge < -0.3 is 10.2 Å². The molecule has 0 bridgehead atoms. The lowest BCUT2D eigenvalue weighted by Crippen LogP contribution is -2.01. The van der Waals surface area contributed by atoms with Crippen LogP contribution in [0.2, 0.25) is 0 Å². The monoisotopic (exact) mass is 164 g/mol. The fraction of sp³-hybridized carbons (Fsp3) is 0.250.